The van der Waals surface area contributed by atoms with E-state index in [4.69, 9.17) is 0 Å². The molecule has 0 spiro atoms. The molecule has 4 rings (SSSR count). The van der Waals surface area contributed by atoms with Gasteiger partial charge in [-0.1, -0.05) is 0 Å². The number of fused-ring (bicyclic) bond motifs is 2. The molecule has 4 aromatic rings. The van der Waals surface area contributed by atoms with E-state index in [0.29, 0.717) is 23.1 Å². The van der Waals surface area contributed by atoms with Gasteiger partial charge in [0, 0.05) is 18.5 Å². The fraction of sp³-hybridized carbons (Fsp3) is 0.0625. The SMILES string of the molecule is O=[N+]([O-])c1c(NCc2ccnc3ccnn23)ccc2ncccc12. The Morgan fingerprint density at radius 2 is 2.00 bits per heavy atom. The van der Waals surface area contributed by atoms with Crippen LogP contribution in [0.5, 0.6) is 0 Å². The van der Waals surface area contributed by atoms with Crippen molar-refractivity contribution in [1.82, 2.24) is 19.6 Å². The molecular formula is C16H12N6O2. The molecule has 0 bridgehead atoms. The highest BCUT2D eigenvalue weighted by Gasteiger charge is 2.18. The summed E-state index contributed by atoms with van der Waals surface area (Å²) in [5.74, 6) is 0. The van der Waals surface area contributed by atoms with Crippen molar-refractivity contribution in [2.24, 2.45) is 0 Å². The Kier molecular flexibility index (Phi) is 3.27. The summed E-state index contributed by atoms with van der Waals surface area (Å²) in [5.41, 5.74) is 2.63. The molecule has 0 unspecified atom stereocenters. The van der Waals surface area contributed by atoms with E-state index in [1.807, 2.05) is 6.07 Å². The van der Waals surface area contributed by atoms with Gasteiger partial charge in [-0.15, -0.1) is 0 Å². The Morgan fingerprint density at radius 3 is 2.88 bits per heavy atom. The second-order valence-corrected chi connectivity index (χ2v) is 5.18. The van der Waals surface area contributed by atoms with E-state index in [0.717, 1.165) is 11.3 Å². The van der Waals surface area contributed by atoms with Crippen molar-refractivity contribution in [3.8, 4) is 0 Å². The summed E-state index contributed by atoms with van der Waals surface area (Å²) in [6.45, 7) is 0.382. The molecule has 0 aliphatic rings. The summed E-state index contributed by atoms with van der Waals surface area (Å²) in [7, 11) is 0. The molecule has 0 fully saturated rings. The number of pyridine rings is 1. The van der Waals surface area contributed by atoms with Gasteiger partial charge in [0.25, 0.3) is 0 Å². The van der Waals surface area contributed by atoms with Gasteiger partial charge in [-0.3, -0.25) is 15.1 Å². The van der Waals surface area contributed by atoms with Gasteiger partial charge in [0.15, 0.2) is 5.65 Å². The largest absolute Gasteiger partial charge is 0.374 e. The summed E-state index contributed by atoms with van der Waals surface area (Å²) in [6.07, 6.45) is 4.97. The number of hydrogen-bond acceptors (Lipinski definition) is 6. The average Bonchev–Trinajstić information content (AvgIpc) is 3.08. The van der Waals surface area contributed by atoms with Gasteiger partial charge in [0.05, 0.1) is 34.3 Å². The molecule has 0 amide bonds. The van der Waals surface area contributed by atoms with Crippen LogP contribution in [0.15, 0.2) is 55.0 Å². The minimum atomic E-state index is -0.387. The molecule has 1 aromatic carbocycles. The highest BCUT2D eigenvalue weighted by atomic mass is 16.6. The van der Waals surface area contributed by atoms with Crippen molar-refractivity contribution in [3.05, 3.63) is 70.8 Å². The van der Waals surface area contributed by atoms with Crippen molar-refractivity contribution in [2.75, 3.05) is 5.32 Å². The lowest BCUT2D eigenvalue weighted by Gasteiger charge is -2.10. The van der Waals surface area contributed by atoms with Gasteiger partial charge in [-0.05, 0) is 30.3 Å². The number of hydrogen-bond donors (Lipinski definition) is 1. The molecule has 0 aliphatic carbocycles. The molecule has 3 aromatic heterocycles. The van der Waals surface area contributed by atoms with Crippen LogP contribution in [0.4, 0.5) is 11.4 Å². The maximum atomic E-state index is 11.5. The number of nitrogens with one attached hydrogen (secondary N) is 1. The number of nitro groups is 1. The molecule has 118 valence electrons. The summed E-state index contributed by atoms with van der Waals surface area (Å²) >= 11 is 0. The number of rotatable bonds is 4. The highest BCUT2D eigenvalue weighted by molar-refractivity contribution is 5.94. The molecule has 24 heavy (non-hydrogen) atoms. The van der Waals surface area contributed by atoms with Crippen LogP contribution in [0.2, 0.25) is 0 Å². The lowest BCUT2D eigenvalue weighted by atomic mass is 10.1. The summed E-state index contributed by atoms with van der Waals surface area (Å²) < 4.78 is 1.70. The first-order chi connectivity index (χ1) is 11.7. The quantitative estimate of drug-likeness (QED) is 0.458. The maximum Gasteiger partial charge on any atom is 0.301 e. The standard InChI is InChI=1S/C16H12N6O2/c23-22(24)16-12-2-1-7-17-13(12)3-4-14(16)19-10-11-5-8-18-15-6-9-20-21(11)15/h1-9,19H,10H2. The smallest absolute Gasteiger partial charge is 0.301 e. The number of benzene rings is 1. The second kappa shape index (κ2) is 5.58. The van der Waals surface area contributed by atoms with Gasteiger partial charge >= 0.3 is 5.69 Å². The number of aromatic nitrogens is 4. The molecule has 8 heteroatoms. The molecule has 0 aliphatic heterocycles. The van der Waals surface area contributed by atoms with E-state index in [2.05, 4.69) is 20.4 Å². The first kappa shape index (κ1) is 14.1. The third kappa shape index (κ3) is 2.30. The molecular weight excluding hydrogens is 308 g/mol. The van der Waals surface area contributed by atoms with Gasteiger partial charge in [0.2, 0.25) is 0 Å². The zero-order chi connectivity index (χ0) is 16.5. The maximum absolute atomic E-state index is 11.5. The number of nitro benzene ring substituents is 1. The lowest BCUT2D eigenvalue weighted by molar-refractivity contribution is -0.382. The van der Waals surface area contributed by atoms with Crippen LogP contribution in [-0.2, 0) is 6.54 Å². The molecule has 1 N–H and O–H groups in total. The van der Waals surface area contributed by atoms with E-state index in [9.17, 15) is 10.1 Å². The lowest BCUT2D eigenvalue weighted by Crippen LogP contribution is -2.08. The topological polar surface area (TPSA) is 98.2 Å². The Hall–Kier alpha value is -3.55. The van der Waals surface area contributed by atoms with E-state index < -0.39 is 0 Å². The summed E-state index contributed by atoms with van der Waals surface area (Å²) in [4.78, 5) is 19.5. The van der Waals surface area contributed by atoms with Crippen LogP contribution in [0.3, 0.4) is 0 Å². The predicted octanol–water partition coefficient (Wildman–Crippen LogP) is 2.80. The minimum absolute atomic E-state index is 0.0198. The molecule has 3 heterocycles. The average molecular weight is 320 g/mol. The minimum Gasteiger partial charge on any atom is -0.374 e. The van der Waals surface area contributed by atoms with Crippen LogP contribution < -0.4 is 5.32 Å². The van der Waals surface area contributed by atoms with Crippen molar-refractivity contribution < 1.29 is 4.92 Å². The van der Waals surface area contributed by atoms with E-state index in [1.165, 1.54) is 0 Å². The third-order valence-electron chi connectivity index (χ3n) is 3.77. The Bertz CT molecular complexity index is 1060. The zero-order valence-electron chi connectivity index (χ0n) is 12.5. The Morgan fingerprint density at radius 1 is 1.08 bits per heavy atom. The molecule has 0 saturated carbocycles. The van der Waals surface area contributed by atoms with E-state index >= 15 is 0 Å². The van der Waals surface area contributed by atoms with Crippen molar-refractivity contribution >= 4 is 27.9 Å². The van der Waals surface area contributed by atoms with Crippen LogP contribution in [0.1, 0.15) is 5.69 Å². The predicted molar refractivity (Wildman–Crippen MR) is 88.7 cm³/mol. The van der Waals surface area contributed by atoms with Crippen molar-refractivity contribution in [3.63, 3.8) is 0 Å². The van der Waals surface area contributed by atoms with Crippen molar-refractivity contribution in [2.45, 2.75) is 6.54 Å². The Balaban J connectivity index is 1.73. The van der Waals surface area contributed by atoms with E-state index in [-0.39, 0.29) is 10.6 Å². The third-order valence-corrected chi connectivity index (χ3v) is 3.77. The van der Waals surface area contributed by atoms with Gasteiger partial charge in [-0.2, -0.15) is 5.10 Å². The monoisotopic (exact) mass is 320 g/mol. The van der Waals surface area contributed by atoms with Crippen molar-refractivity contribution in [1.29, 1.82) is 0 Å². The Labute approximate surface area is 135 Å². The van der Waals surface area contributed by atoms with Gasteiger partial charge < -0.3 is 5.32 Å². The van der Waals surface area contributed by atoms with Gasteiger partial charge in [-0.25, -0.2) is 9.50 Å². The highest BCUT2D eigenvalue weighted by Crippen LogP contribution is 2.32. The molecule has 8 nitrogen and oxygen atoms in total. The molecule has 0 atom stereocenters. The first-order valence-electron chi connectivity index (χ1n) is 7.27. The summed E-state index contributed by atoms with van der Waals surface area (Å²) in [5, 5.41) is 19.4. The van der Waals surface area contributed by atoms with Gasteiger partial charge in [0.1, 0.15) is 5.69 Å². The fourth-order valence-electron chi connectivity index (χ4n) is 2.68. The second-order valence-electron chi connectivity index (χ2n) is 5.18. The van der Waals surface area contributed by atoms with E-state index in [1.54, 1.807) is 53.4 Å². The first-order valence-corrected chi connectivity index (χ1v) is 7.27. The molecule has 0 radical (unpaired) electrons. The van der Waals surface area contributed by atoms with Crippen LogP contribution in [0, 0.1) is 10.1 Å². The van der Waals surface area contributed by atoms with Crippen LogP contribution in [0.25, 0.3) is 16.6 Å². The van der Waals surface area contributed by atoms with Crippen LogP contribution >= 0.6 is 0 Å². The number of nitrogens with zero attached hydrogens (tertiary/aromatic N) is 5. The normalized spacial score (nSPS) is 11.0. The summed E-state index contributed by atoms with van der Waals surface area (Å²) in [6, 6.07) is 10.4. The van der Waals surface area contributed by atoms with Crippen LogP contribution in [-0.4, -0.2) is 24.5 Å². The number of anilines is 1. The molecule has 0 saturated heterocycles. The zero-order valence-corrected chi connectivity index (χ0v) is 12.5. The fourth-order valence-corrected chi connectivity index (χ4v) is 2.68.